The zero-order valence-corrected chi connectivity index (χ0v) is 10.8. The number of rotatable bonds is 2. The lowest BCUT2D eigenvalue weighted by Crippen LogP contribution is -2.46. The first-order valence-electron chi connectivity index (χ1n) is 6.34. The fraction of sp³-hybridized carbons (Fsp3) is 0.429. The van der Waals surface area contributed by atoms with Crippen LogP contribution >= 0.6 is 0 Å². The molecule has 0 aliphatic carbocycles. The van der Waals surface area contributed by atoms with Crippen LogP contribution in [0.2, 0.25) is 0 Å². The third-order valence-electron chi connectivity index (χ3n) is 3.78. The predicted molar refractivity (Wildman–Crippen MR) is 70.0 cm³/mol. The standard InChI is InChI=1S/C14H17N3O/c1-14(2,16-9-5-8-13(16)18)17-10-15-11-6-3-4-7-12(11)17/h3-4,6-7,10H,5,8-9H2,1-2H3. The maximum absolute atomic E-state index is 11.9. The summed E-state index contributed by atoms with van der Waals surface area (Å²) < 4.78 is 2.09. The molecule has 4 nitrogen and oxygen atoms in total. The van der Waals surface area contributed by atoms with Gasteiger partial charge in [0.15, 0.2) is 0 Å². The van der Waals surface area contributed by atoms with Gasteiger partial charge in [-0.15, -0.1) is 0 Å². The van der Waals surface area contributed by atoms with Gasteiger partial charge in [0.2, 0.25) is 5.91 Å². The van der Waals surface area contributed by atoms with Gasteiger partial charge in [0.1, 0.15) is 5.66 Å². The average molecular weight is 243 g/mol. The van der Waals surface area contributed by atoms with E-state index in [-0.39, 0.29) is 11.6 Å². The van der Waals surface area contributed by atoms with E-state index in [2.05, 4.69) is 23.4 Å². The Hall–Kier alpha value is -1.84. The van der Waals surface area contributed by atoms with Crippen LogP contribution in [0.1, 0.15) is 26.7 Å². The number of carbonyl (C=O) groups excluding carboxylic acids is 1. The lowest BCUT2D eigenvalue weighted by molar-refractivity contribution is -0.135. The number of carbonyl (C=O) groups is 1. The molecule has 0 radical (unpaired) electrons. The quantitative estimate of drug-likeness (QED) is 0.812. The van der Waals surface area contributed by atoms with E-state index in [0.717, 1.165) is 24.0 Å². The van der Waals surface area contributed by atoms with Crippen molar-refractivity contribution in [2.75, 3.05) is 6.54 Å². The molecule has 1 saturated heterocycles. The molecular weight excluding hydrogens is 226 g/mol. The van der Waals surface area contributed by atoms with Crippen molar-refractivity contribution in [2.45, 2.75) is 32.4 Å². The smallest absolute Gasteiger partial charge is 0.224 e. The van der Waals surface area contributed by atoms with Crippen LogP contribution in [0.3, 0.4) is 0 Å². The van der Waals surface area contributed by atoms with Crippen molar-refractivity contribution in [2.24, 2.45) is 0 Å². The largest absolute Gasteiger partial charge is 0.320 e. The SMILES string of the molecule is CC(C)(N1CCCC1=O)n1cnc2ccccc21. The van der Waals surface area contributed by atoms with Gasteiger partial charge in [0.25, 0.3) is 0 Å². The van der Waals surface area contributed by atoms with Gasteiger partial charge in [-0.1, -0.05) is 12.1 Å². The number of amides is 1. The fourth-order valence-corrected chi connectivity index (χ4v) is 2.75. The Bertz CT molecular complexity index is 600. The molecule has 1 aromatic carbocycles. The molecule has 94 valence electrons. The van der Waals surface area contributed by atoms with E-state index in [4.69, 9.17) is 0 Å². The van der Waals surface area contributed by atoms with Gasteiger partial charge in [0, 0.05) is 13.0 Å². The molecular formula is C14H17N3O. The van der Waals surface area contributed by atoms with Gasteiger partial charge in [-0.05, 0) is 32.4 Å². The number of hydrogen-bond acceptors (Lipinski definition) is 2. The molecule has 0 atom stereocenters. The lowest BCUT2D eigenvalue weighted by atomic mass is 10.2. The van der Waals surface area contributed by atoms with E-state index in [1.807, 2.05) is 35.5 Å². The zero-order valence-electron chi connectivity index (χ0n) is 10.8. The number of imidazole rings is 1. The van der Waals surface area contributed by atoms with Crippen LogP contribution < -0.4 is 0 Å². The monoisotopic (exact) mass is 243 g/mol. The van der Waals surface area contributed by atoms with Gasteiger partial charge < -0.3 is 9.47 Å². The second-order valence-electron chi connectivity index (χ2n) is 5.25. The van der Waals surface area contributed by atoms with Crippen molar-refractivity contribution in [3.05, 3.63) is 30.6 Å². The summed E-state index contributed by atoms with van der Waals surface area (Å²) in [5, 5.41) is 0. The number of aromatic nitrogens is 2. The van der Waals surface area contributed by atoms with Gasteiger partial charge >= 0.3 is 0 Å². The van der Waals surface area contributed by atoms with Crippen molar-refractivity contribution in [3.63, 3.8) is 0 Å². The minimum Gasteiger partial charge on any atom is -0.320 e. The predicted octanol–water partition coefficient (Wildman–Crippen LogP) is 2.35. The summed E-state index contributed by atoms with van der Waals surface area (Å²) in [5.74, 6) is 0.234. The van der Waals surface area contributed by atoms with Crippen LogP contribution in [0.5, 0.6) is 0 Å². The van der Waals surface area contributed by atoms with Crippen LogP contribution in [-0.2, 0) is 10.5 Å². The van der Waals surface area contributed by atoms with Gasteiger partial charge in [-0.25, -0.2) is 4.98 Å². The maximum atomic E-state index is 11.9. The second-order valence-corrected chi connectivity index (χ2v) is 5.25. The summed E-state index contributed by atoms with van der Waals surface area (Å²) in [7, 11) is 0. The molecule has 1 fully saturated rings. The molecule has 0 unspecified atom stereocenters. The number of para-hydroxylation sites is 2. The topological polar surface area (TPSA) is 38.1 Å². The Morgan fingerprint density at radius 1 is 1.28 bits per heavy atom. The van der Waals surface area contributed by atoms with Gasteiger partial charge in [-0.3, -0.25) is 4.79 Å². The molecule has 1 aliphatic heterocycles. The Kier molecular flexibility index (Phi) is 2.40. The Balaban J connectivity index is 2.10. The summed E-state index contributed by atoms with van der Waals surface area (Å²) in [5.41, 5.74) is 1.68. The summed E-state index contributed by atoms with van der Waals surface area (Å²) in [6.07, 6.45) is 3.45. The highest BCUT2D eigenvalue weighted by molar-refractivity contribution is 5.79. The molecule has 1 aromatic heterocycles. The molecule has 2 aromatic rings. The summed E-state index contributed by atoms with van der Waals surface area (Å²) >= 11 is 0. The number of fused-ring (bicyclic) bond motifs is 1. The minimum absolute atomic E-state index is 0.234. The molecule has 0 saturated carbocycles. The van der Waals surface area contributed by atoms with Crippen LogP contribution in [0, 0.1) is 0 Å². The summed E-state index contributed by atoms with van der Waals surface area (Å²) in [6, 6.07) is 8.02. The Morgan fingerprint density at radius 3 is 2.78 bits per heavy atom. The number of hydrogen-bond donors (Lipinski definition) is 0. The highest BCUT2D eigenvalue weighted by Gasteiger charge is 2.35. The normalized spacial score (nSPS) is 16.8. The first kappa shape index (κ1) is 11.3. The average Bonchev–Trinajstić information content (AvgIpc) is 2.95. The van der Waals surface area contributed by atoms with Crippen molar-refractivity contribution >= 4 is 16.9 Å². The van der Waals surface area contributed by atoms with Gasteiger partial charge in [-0.2, -0.15) is 0 Å². The van der Waals surface area contributed by atoms with Crippen LogP contribution in [-0.4, -0.2) is 26.9 Å². The van der Waals surface area contributed by atoms with Crippen LogP contribution in [0.15, 0.2) is 30.6 Å². The number of nitrogens with zero attached hydrogens (tertiary/aromatic N) is 3. The zero-order chi connectivity index (χ0) is 12.8. The Morgan fingerprint density at radius 2 is 2.06 bits per heavy atom. The first-order chi connectivity index (χ1) is 8.60. The third-order valence-corrected chi connectivity index (χ3v) is 3.78. The van der Waals surface area contributed by atoms with E-state index in [9.17, 15) is 4.79 Å². The molecule has 1 amide bonds. The van der Waals surface area contributed by atoms with Crippen LogP contribution in [0.25, 0.3) is 11.0 Å². The molecule has 4 heteroatoms. The lowest BCUT2D eigenvalue weighted by Gasteiger charge is -2.37. The van der Waals surface area contributed by atoms with Crippen molar-refractivity contribution in [3.8, 4) is 0 Å². The fourth-order valence-electron chi connectivity index (χ4n) is 2.75. The van der Waals surface area contributed by atoms with E-state index in [1.54, 1.807) is 0 Å². The highest BCUT2D eigenvalue weighted by atomic mass is 16.2. The number of likely N-dealkylation sites (tertiary alicyclic amines) is 1. The minimum atomic E-state index is -0.357. The molecule has 0 spiro atoms. The van der Waals surface area contributed by atoms with Crippen molar-refractivity contribution in [1.82, 2.24) is 14.5 Å². The molecule has 3 rings (SSSR count). The third kappa shape index (κ3) is 1.52. The second kappa shape index (κ2) is 3.83. The summed E-state index contributed by atoms with van der Waals surface area (Å²) in [6.45, 7) is 4.98. The van der Waals surface area contributed by atoms with Crippen molar-refractivity contribution < 1.29 is 4.79 Å². The van der Waals surface area contributed by atoms with E-state index < -0.39 is 0 Å². The highest BCUT2D eigenvalue weighted by Crippen LogP contribution is 2.29. The number of benzene rings is 1. The van der Waals surface area contributed by atoms with Gasteiger partial charge in [0.05, 0.1) is 17.4 Å². The Labute approximate surface area is 106 Å². The first-order valence-corrected chi connectivity index (χ1v) is 6.34. The maximum Gasteiger partial charge on any atom is 0.224 e. The van der Waals surface area contributed by atoms with E-state index in [1.165, 1.54) is 0 Å². The molecule has 1 aliphatic rings. The van der Waals surface area contributed by atoms with E-state index in [0.29, 0.717) is 6.42 Å². The summed E-state index contributed by atoms with van der Waals surface area (Å²) in [4.78, 5) is 18.3. The van der Waals surface area contributed by atoms with Crippen LogP contribution in [0.4, 0.5) is 0 Å². The molecule has 2 heterocycles. The molecule has 0 bridgehead atoms. The molecule has 0 N–H and O–H groups in total. The van der Waals surface area contributed by atoms with Crippen molar-refractivity contribution in [1.29, 1.82) is 0 Å². The molecule has 18 heavy (non-hydrogen) atoms. The van der Waals surface area contributed by atoms with E-state index >= 15 is 0 Å².